The molecule has 6 nitrogen and oxygen atoms in total. The fourth-order valence-electron chi connectivity index (χ4n) is 3.36. The summed E-state index contributed by atoms with van der Waals surface area (Å²) < 4.78 is 11.1. The molecule has 7 heteroatoms. The quantitative estimate of drug-likeness (QED) is 0.789. The number of hydrogen-bond acceptors (Lipinski definition) is 5. The Morgan fingerprint density at radius 2 is 2.22 bits per heavy atom. The Balaban J connectivity index is 1.65. The van der Waals surface area contributed by atoms with E-state index in [0.717, 1.165) is 42.3 Å². The van der Waals surface area contributed by atoms with Crippen LogP contribution >= 0.6 is 11.6 Å². The van der Waals surface area contributed by atoms with Gasteiger partial charge >= 0.3 is 0 Å². The molecule has 0 radical (unpaired) electrons. The summed E-state index contributed by atoms with van der Waals surface area (Å²) in [5.41, 5.74) is 1.36. The van der Waals surface area contributed by atoms with Gasteiger partial charge in [0, 0.05) is 24.9 Å². The van der Waals surface area contributed by atoms with Gasteiger partial charge < -0.3 is 14.2 Å². The van der Waals surface area contributed by atoms with Crippen LogP contribution in [0.5, 0.6) is 0 Å². The lowest BCUT2D eigenvalue weighted by molar-refractivity contribution is -0.0178. The van der Waals surface area contributed by atoms with Crippen molar-refractivity contribution in [1.29, 1.82) is 0 Å². The third-order valence-electron chi connectivity index (χ3n) is 4.62. The zero-order valence-corrected chi connectivity index (χ0v) is 13.6. The third kappa shape index (κ3) is 2.42. The van der Waals surface area contributed by atoms with E-state index in [4.69, 9.17) is 20.9 Å². The number of nitrogens with zero attached hydrogens (tertiary/aromatic N) is 3. The van der Waals surface area contributed by atoms with Gasteiger partial charge in [0.1, 0.15) is 11.2 Å². The summed E-state index contributed by atoms with van der Waals surface area (Å²) in [7, 11) is 1.71. The molecule has 23 heavy (non-hydrogen) atoms. The van der Waals surface area contributed by atoms with Crippen LogP contribution in [0.4, 0.5) is 0 Å². The summed E-state index contributed by atoms with van der Waals surface area (Å²) in [5, 5.41) is 5.72. The van der Waals surface area contributed by atoms with Crippen molar-refractivity contribution in [2.24, 2.45) is 0 Å². The summed E-state index contributed by atoms with van der Waals surface area (Å²) in [6.07, 6.45) is 8.20. The van der Waals surface area contributed by atoms with Gasteiger partial charge in [-0.1, -0.05) is 16.8 Å². The summed E-state index contributed by atoms with van der Waals surface area (Å²) in [6, 6.07) is 1.78. The molecular weight excluding hydrogens is 316 g/mol. The van der Waals surface area contributed by atoms with Crippen LogP contribution in [0.15, 0.2) is 23.0 Å². The second-order valence-corrected chi connectivity index (χ2v) is 6.33. The Bertz CT molecular complexity index is 836. The van der Waals surface area contributed by atoms with Crippen molar-refractivity contribution in [2.75, 3.05) is 7.11 Å². The molecule has 4 rings (SSSR count). The van der Waals surface area contributed by atoms with E-state index in [1.807, 2.05) is 6.20 Å². The van der Waals surface area contributed by atoms with E-state index in [0.29, 0.717) is 23.2 Å². The molecule has 3 aromatic rings. The lowest BCUT2D eigenvalue weighted by Crippen LogP contribution is -2.26. The average molecular weight is 333 g/mol. The first-order chi connectivity index (χ1) is 11.2. The molecular formula is C16H17ClN4O2. The zero-order valence-electron chi connectivity index (χ0n) is 12.8. The molecule has 0 bridgehead atoms. The summed E-state index contributed by atoms with van der Waals surface area (Å²) in [6.45, 7) is 0. The highest BCUT2D eigenvalue weighted by Crippen LogP contribution is 2.40. The first-order valence-electron chi connectivity index (χ1n) is 7.70. The Morgan fingerprint density at radius 3 is 3.00 bits per heavy atom. The van der Waals surface area contributed by atoms with Crippen molar-refractivity contribution >= 4 is 22.6 Å². The van der Waals surface area contributed by atoms with Crippen LogP contribution in [0.25, 0.3) is 11.0 Å². The molecule has 1 aliphatic carbocycles. The Labute approximate surface area is 138 Å². The number of pyridine rings is 1. The standard InChI is InChI=1S/C16H17ClN4O2/c1-22-16(5-2-3-6-16)15-20-12(23-21-15)8-10-9-19-14-13(10)11(17)4-7-18-14/h4,7,9H,2-3,5-6,8H2,1H3,(H,18,19). The molecule has 3 aromatic heterocycles. The molecule has 0 spiro atoms. The zero-order chi connectivity index (χ0) is 15.9. The van der Waals surface area contributed by atoms with Gasteiger partial charge in [0.15, 0.2) is 0 Å². The Hall–Kier alpha value is -1.92. The highest BCUT2D eigenvalue weighted by atomic mass is 35.5. The highest BCUT2D eigenvalue weighted by Gasteiger charge is 2.40. The van der Waals surface area contributed by atoms with Crippen LogP contribution in [0.2, 0.25) is 5.02 Å². The van der Waals surface area contributed by atoms with Gasteiger partial charge in [-0.3, -0.25) is 0 Å². The Morgan fingerprint density at radius 1 is 1.39 bits per heavy atom. The van der Waals surface area contributed by atoms with Gasteiger partial charge in [0.25, 0.3) is 0 Å². The third-order valence-corrected chi connectivity index (χ3v) is 4.94. The van der Waals surface area contributed by atoms with E-state index in [2.05, 4.69) is 20.1 Å². The van der Waals surface area contributed by atoms with Crippen molar-refractivity contribution in [3.63, 3.8) is 0 Å². The predicted molar refractivity (Wildman–Crippen MR) is 85.4 cm³/mol. The summed E-state index contributed by atoms with van der Waals surface area (Å²) >= 11 is 6.28. The molecule has 0 saturated heterocycles. The number of H-pyrrole nitrogens is 1. The number of halogens is 1. The van der Waals surface area contributed by atoms with Crippen LogP contribution in [0, 0.1) is 0 Å². The minimum absolute atomic E-state index is 0.388. The SMILES string of the molecule is COC1(c2noc(Cc3c[nH]c4nccc(Cl)c34)n2)CCCC1. The largest absolute Gasteiger partial charge is 0.370 e. The number of nitrogens with one attached hydrogen (secondary N) is 1. The molecule has 0 atom stereocenters. The van der Waals surface area contributed by atoms with E-state index in [-0.39, 0.29) is 5.60 Å². The van der Waals surface area contributed by atoms with Crippen molar-refractivity contribution in [3.05, 3.63) is 40.8 Å². The van der Waals surface area contributed by atoms with Crippen LogP contribution in [-0.4, -0.2) is 27.2 Å². The van der Waals surface area contributed by atoms with Crippen molar-refractivity contribution in [3.8, 4) is 0 Å². The van der Waals surface area contributed by atoms with Gasteiger partial charge in [-0.05, 0) is 37.3 Å². The average Bonchev–Trinajstić information content (AvgIpc) is 3.28. The maximum absolute atomic E-state index is 6.28. The van der Waals surface area contributed by atoms with E-state index in [1.165, 1.54) is 0 Å². The second-order valence-electron chi connectivity index (χ2n) is 5.92. The molecule has 0 unspecified atom stereocenters. The number of aromatic amines is 1. The van der Waals surface area contributed by atoms with Gasteiger partial charge in [0.2, 0.25) is 11.7 Å². The molecule has 120 valence electrons. The van der Waals surface area contributed by atoms with Gasteiger partial charge in [-0.15, -0.1) is 0 Å². The van der Waals surface area contributed by atoms with Crippen LogP contribution in [0.3, 0.4) is 0 Å². The van der Waals surface area contributed by atoms with Crippen LogP contribution in [-0.2, 0) is 16.8 Å². The Kier molecular flexibility index (Phi) is 3.58. The van der Waals surface area contributed by atoms with E-state index in [1.54, 1.807) is 19.4 Å². The first kappa shape index (κ1) is 14.7. The smallest absolute Gasteiger partial charge is 0.231 e. The fraction of sp³-hybridized carbons (Fsp3) is 0.438. The van der Waals surface area contributed by atoms with E-state index >= 15 is 0 Å². The number of hydrogen-bond donors (Lipinski definition) is 1. The first-order valence-corrected chi connectivity index (χ1v) is 8.08. The monoisotopic (exact) mass is 332 g/mol. The number of ether oxygens (including phenoxy) is 1. The van der Waals surface area contributed by atoms with Crippen molar-refractivity contribution in [1.82, 2.24) is 20.1 Å². The van der Waals surface area contributed by atoms with Gasteiger partial charge in [-0.25, -0.2) is 4.98 Å². The topological polar surface area (TPSA) is 76.8 Å². The molecule has 1 aliphatic rings. The number of rotatable bonds is 4. The molecule has 0 amide bonds. The second kappa shape index (κ2) is 5.62. The van der Waals surface area contributed by atoms with Crippen LogP contribution in [0.1, 0.15) is 43.0 Å². The molecule has 1 N–H and O–H groups in total. The molecule has 0 aromatic carbocycles. The minimum Gasteiger partial charge on any atom is -0.370 e. The van der Waals surface area contributed by atoms with Gasteiger partial charge in [0.05, 0.1) is 11.4 Å². The highest BCUT2D eigenvalue weighted by molar-refractivity contribution is 6.35. The lowest BCUT2D eigenvalue weighted by atomic mass is 10.0. The maximum atomic E-state index is 6.28. The van der Waals surface area contributed by atoms with Crippen molar-refractivity contribution < 1.29 is 9.26 Å². The molecule has 3 heterocycles. The lowest BCUT2D eigenvalue weighted by Gasteiger charge is -2.22. The maximum Gasteiger partial charge on any atom is 0.231 e. The van der Waals surface area contributed by atoms with E-state index < -0.39 is 0 Å². The van der Waals surface area contributed by atoms with Crippen LogP contribution < -0.4 is 0 Å². The van der Waals surface area contributed by atoms with E-state index in [9.17, 15) is 0 Å². The molecule has 1 saturated carbocycles. The summed E-state index contributed by atoms with van der Waals surface area (Å²) in [5.74, 6) is 1.21. The van der Waals surface area contributed by atoms with Crippen molar-refractivity contribution in [2.45, 2.75) is 37.7 Å². The number of aromatic nitrogens is 4. The minimum atomic E-state index is -0.388. The number of methoxy groups -OCH3 is 1. The van der Waals surface area contributed by atoms with Gasteiger partial charge in [-0.2, -0.15) is 4.98 Å². The molecule has 1 fully saturated rings. The normalized spacial score (nSPS) is 17.1. The number of fused-ring (bicyclic) bond motifs is 1. The molecule has 0 aliphatic heterocycles. The summed E-state index contributed by atoms with van der Waals surface area (Å²) in [4.78, 5) is 12.0. The fourth-order valence-corrected chi connectivity index (χ4v) is 3.63. The predicted octanol–water partition coefficient (Wildman–Crippen LogP) is 3.61.